The van der Waals surface area contributed by atoms with Gasteiger partial charge in [0.15, 0.2) is 5.78 Å². The molecule has 0 aromatic heterocycles. The lowest BCUT2D eigenvalue weighted by atomic mass is 10.1. The van der Waals surface area contributed by atoms with E-state index in [0.29, 0.717) is 24.0 Å². The largest absolute Gasteiger partial charge is 0.416 e. The van der Waals surface area contributed by atoms with Gasteiger partial charge in [0.25, 0.3) is 0 Å². The average molecular weight is 471 g/mol. The van der Waals surface area contributed by atoms with Crippen LogP contribution in [0.5, 0.6) is 0 Å². The molecule has 0 bridgehead atoms. The molecule has 0 saturated heterocycles. The molecule has 32 heavy (non-hydrogen) atoms. The zero-order chi connectivity index (χ0) is 23.9. The molecule has 1 amide bonds. The molecule has 0 aliphatic carbocycles. The predicted molar refractivity (Wildman–Crippen MR) is 114 cm³/mol. The Morgan fingerprint density at radius 2 is 1.59 bits per heavy atom. The van der Waals surface area contributed by atoms with E-state index in [0.717, 1.165) is 16.4 Å². The minimum absolute atomic E-state index is 0.0611. The zero-order valence-corrected chi connectivity index (χ0v) is 18.6. The first kappa shape index (κ1) is 25.5. The zero-order valence-electron chi connectivity index (χ0n) is 17.8. The van der Waals surface area contributed by atoms with Crippen molar-refractivity contribution in [1.82, 2.24) is 9.62 Å². The molecule has 10 heteroatoms. The van der Waals surface area contributed by atoms with Crippen LogP contribution in [-0.4, -0.2) is 44.6 Å². The first-order valence-electron chi connectivity index (χ1n) is 9.91. The predicted octanol–water partition coefficient (Wildman–Crippen LogP) is 3.67. The minimum atomic E-state index is -4.38. The summed E-state index contributed by atoms with van der Waals surface area (Å²) in [6.45, 7) is 1.79. The molecule has 1 N–H and O–H groups in total. The number of benzene rings is 2. The second kappa shape index (κ2) is 10.7. The highest BCUT2D eigenvalue weighted by molar-refractivity contribution is 7.89. The number of nitrogens with zero attached hydrogens (tertiary/aromatic N) is 1. The Hall–Kier alpha value is -2.72. The molecule has 2 aromatic rings. The van der Waals surface area contributed by atoms with Crippen LogP contribution in [0.3, 0.4) is 0 Å². The Kier molecular flexibility index (Phi) is 8.57. The fourth-order valence-electron chi connectivity index (χ4n) is 2.92. The standard InChI is InChI=1S/C22H25F3N2O4S/c1-16(28)18-7-11-20(12-8-18)32(30,31)27(2)15-3-4-21(29)26-14-13-17-5-9-19(10-6-17)22(23,24)25/h5-12H,3-4,13-15H2,1-2H3,(H,26,29). The molecule has 2 aromatic carbocycles. The van der Waals surface area contributed by atoms with E-state index in [1.165, 1.54) is 50.4 Å². The van der Waals surface area contributed by atoms with Gasteiger partial charge in [0.1, 0.15) is 0 Å². The maximum atomic E-state index is 12.6. The fraction of sp³-hybridized carbons (Fsp3) is 0.364. The Balaban J connectivity index is 1.75. The van der Waals surface area contributed by atoms with Crippen LogP contribution in [0.15, 0.2) is 53.4 Å². The van der Waals surface area contributed by atoms with Gasteiger partial charge in [-0.2, -0.15) is 13.2 Å². The molecule has 0 heterocycles. The molecule has 0 spiro atoms. The van der Waals surface area contributed by atoms with Crippen molar-refractivity contribution >= 4 is 21.7 Å². The summed E-state index contributed by atoms with van der Waals surface area (Å²) in [6.07, 6.45) is -3.59. The normalized spacial score (nSPS) is 12.1. The van der Waals surface area contributed by atoms with E-state index in [9.17, 15) is 31.2 Å². The topological polar surface area (TPSA) is 83.6 Å². The average Bonchev–Trinajstić information content (AvgIpc) is 2.73. The van der Waals surface area contributed by atoms with Gasteiger partial charge in [-0.15, -0.1) is 0 Å². The molecule has 174 valence electrons. The summed E-state index contributed by atoms with van der Waals surface area (Å²) < 4.78 is 64.0. The monoisotopic (exact) mass is 470 g/mol. The van der Waals surface area contributed by atoms with Gasteiger partial charge in [0.05, 0.1) is 10.5 Å². The molecule has 2 rings (SSSR count). The number of halogens is 3. The van der Waals surface area contributed by atoms with Crippen LogP contribution in [0.4, 0.5) is 13.2 Å². The van der Waals surface area contributed by atoms with Crippen molar-refractivity contribution in [2.45, 2.75) is 37.3 Å². The number of ketones is 1. The second-order valence-corrected chi connectivity index (χ2v) is 9.35. The number of alkyl halides is 3. The molecule has 6 nitrogen and oxygen atoms in total. The number of Topliss-reactive ketones (excluding diaryl/α,β-unsaturated/α-hetero) is 1. The van der Waals surface area contributed by atoms with E-state index < -0.39 is 21.8 Å². The van der Waals surface area contributed by atoms with Crippen LogP contribution in [0.25, 0.3) is 0 Å². The van der Waals surface area contributed by atoms with Crippen molar-refractivity contribution in [3.63, 3.8) is 0 Å². The summed E-state index contributed by atoms with van der Waals surface area (Å²) in [5.74, 6) is -0.430. The highest BCUT2D eigenvalue weighted by atomic mass is 32.2. The molecule has 0 fully saturated rings. The van der Waals surface area contributed by atoms with Gasteiger partial charge in [-0.3, -0.25) is 9.59 Å². The summed E-state index contributed by atoms with van der Waals surface area (Å²) >= 11 is 0. The van der Waals surface area contributed by atoms with Gasteiger partial charge in [-0.05, 0) is 49.6 Å². The molecule has 0 unspecified atom stereocenters. The maximum absolute atomic E-state index is 12.6. The summed E-state index contributed by atoms with van der Waals surface area (Å²) in [5.41, 5.74) is 0.360. The third kappa shape index (κ3) is 7.16. The number of nitrogens with one attached hydrogen (secondary N) is 1. The molecule has 0 atom stereocenters. The van der Waals surface area contributed by atoms with Gasteiger partial charge in [-0.1, -0.05) is 24.3 Å². The summed E-state index contributed by atoms with van der Waals surface area (Å²) in [5, 5.41) is 2.68. The van der Waals surface area contributed by atoms with Crippen molar-refractivity contribution in [2.75, 3.05) is 20.1 Å². The van der Waals surface area contributed by atoms with Crippen LogP contribution >= 0.6 is 0 Å². The molecule has 0 aliphatic rings. The van der Waals surface area contributed by atoms with Crippen molar-refractivity contribution in [3.05, 3.63) is 65.2 Å². The Morgan fingerprint density at radius 1 is 1.00 bits per heavy atom. The quantitative estimate of drug-likeness (QED) is 0.537. The lowest BCUT2D eigenvalue weighted by Gasteiger charge is -2.17. The van der Waals surface area contributed by atoms with E-state index in [1.807, 2.05) is 0 Å². The fourth-order valence-corrected chi connectivity index (χ4v) is 4.13. The van der Waals surface area contributed by atoms with Crippen LogP contribution in [0.2, 0.25) is 0 Å². The lowest BCUT2D eigenvalue weighted by Crippen LogP contribution is -2.30. The number of sulfonamides is 1. The highest BCUT2D eigenvalue weighted by Crippen LogP contribution is 2.29. The second-order valence-electron chi connectivity index (χ2n) is 7.31. The summed E-state index contributed by atoms with van der Waals surface area (Å²) in [7, 11) is -2.32. The SMILES string of the molecule is CC(=O)c1ccc(S(=O)(=O)N(C)CCCC(=O)NCCc2ccc(C(F)(F)F)cc2)cc1. The summed E-state index contributed by atoms with van der Waals surface area (Å²) in [4.78, 5) is 23.3. The van der Waals surface area contributed by atoms with Crippen LogP contribution < -0.4 is 5.32 Å². The van der Waals surface area contributed by atoms with Crippen molar-refractivity contribution < 1.29 is 31.2 Å². The first-order valence-corrected chi connectivity index (χ1v) is 11.4. The Labute approximate surface area is 185 Å². The number of amides is 1. The first-order chi connectivity index (χ1) is 14.9. The number of rotatable bonds is 10. The van der Waals surface area contributed by atoms with E-state index in [1.54, 1.807) is 0 Å². The van der Waals surface area contributed by atoms with Crippen LogP contribution in [0.1, 0.15) is 41.3 Å². The number of hydrogen-bond acceptors (Lipinski definition) is 4. The molecule has 0 aliphatic heterocycles. The molecular weight excluding hydrogens is 445 g/mol. The summed E-state index contributed by atoms with van der Waals surface area (Å²) in [6, 6.07) is 10.4. The van der Waals surface area contributed by atoms with Crippen molar-refractivity contribution in [3.8, 4) is 0 Å². The smallest absolute Gasteiger partial charge is 0.356 e. The van der Waals surface area contributed by atoms with Crippen LogP contribution in [0, 0.1) is 0 Å². The molecule has 0 saturated carbocycles. The van der Waals surface area contributed by atoms with Crippen molar-refractivity contribution in [2.24, 2.45) is 0 Å². The van der Waals surface area contributed by atoms with Gasteiger partial charge in [0, 0.05) is 32.1 Å². The van der Waals surface area contributed by atoms with Gasteiger partial charge in [0.2, 0.25) is 15.9 Å². The molecular formula is C22H25F3N2O4S. The van der Waals surface area contributed by atoms with Gasteiger partial charge < -0.3 is 5.32 Å². The minimum Gasteiger partial charge on any atom is -0.356 e. The third-order valence-corrected chi connectivity index (χ3v) is 6.73. The van der Waals surface area contributed by atoms with E-state index in [-0.39, 0.29) is 36.1 Å². The van der Waals surface area contributed by atoms with Crippen LogP contribution in [-0.2, 0) is 27.4 Å². The lowest BCUT2D eigenvalue weighted by molar-refractivity contribution is -0.137. The number of carbonyl (C=O) groups is 2. The van der Waals surface area contributed by atoms with Crippen molar-refractivity contribution in [1.29, 1.82) is 0 Å². The van der Waals surface area contributed by atoms with E-state index in [4.69, 9.17) is 0 Å². The van der Waals surface area contributed by atoms with E-state index >= 15 is 0 Å². The van der Waals surface area contributed by atoms with Gasteiger partial charge >= 0.3 is 6.18 Å². The van der Waals surface area contributed by atoms with E-state index in [2.05, 4.69) is 5.32 Å². The highest BCUT2D eigenvalue weighted by Gasteiger charge is 2.29. The third-order valence-electron chi connectivity index (χ3n) is 4.86. The number of carbonyl (C=O) groups excluding carboxylic acids is 2. The Morgan fingerprint density at radius 3 is 2.12 bits per heavy atom. The number of hydrogen-bond donors (Lipinski definition) is 1. The Bertz CT molecular complexity index is 1030. The maximum Gasteiger partial charge on any atom is 0.416 e. The van der Waals surface area contributed by atoms with Gasteiger partial charge in [-0.25, -0.2) is 12.7 Å². The molecule has 0 radical (unpaired) electrons.